The molecule has 4 rings (SSSR count). The first-order valence-corrected chi connectivity index (χ1v) is 11.4. The lowest BCUT2D eigenvalue weighted by Gasteiger charge is -2.33. The van der Waals surface area contributed by atoms with Gasteiger partial charge in [-0.2, -0.15) is 0 Å². The number of nitrogens with one attached hydrogen (secondary N) is 1. The van der Waals surface area contributed by atoms with Crippen molar-refractivity contribution in [1.29, 1.82) is 0 Å². The molecule has 1 fully saturated rings. The molecule has 2 heterocycles. The van der Waals surface area contributed by atoms with E-state index in [9.17, 15) is 9.59 Å². The molecule has 1 saturated heterocycles. The first-order chi connectivity index (χ1) is 15.4. The van der Waals surface area contributed by atoms with Crippen molar-refractivity contribution in [2.45, 2.75) is 39.5 Å². The van der Waals surface area contributed by atoms with Gasteiger partial charge in [0.2, 0.25) is 5.91 Å². The number of carbonyl (C=O) groups is 2. The summed E-state index contributed by atoms with van der Waals surface area (Å²) in [6.45, 7) is 5.27. The molecular formula is C25H27ClN4O2. The minimum atomic E-state index is -0.0189. The molecule has 0 spiro atoms. The van der Waals surface area contributed by atoms with Crippen molar-refractivity contribution in [3.05, 3.63) is 64.4 Å². The van der Waals surface area contributed by atoms with Crippen molar-refractivity contribution in [3.63, 3.8) is 0 Å². The third kappa shape index (κ3) is 5.25. The van der Waals surface area contributed by atoms with Gasteiger partial charge in [0.1, 0.15) is 0 Å². The number of benzene rings is 2. The van der Waals surface area contributed by atoms with Gasteiger partial charge in [-0.25, -0.2) is 9.97 Å². The molecule has 0 saturated carbocycles. The number of hydrogen-bond acceptors (Lipinski definition) is 4. The van der Waals surface area contributed by atoms with Crippen LogP contribution in [0.3, 0.4) is 0 Å². The Morgan fingerprint density at radius 3 is 2.53 bits per heavy atom. The fraction of sp³-hybridized carbons (Fsp3) is 0.360. The van der Waals surface area contributed by atoms with Gasteiger partial charge in [-0.1, -0.05) is 11.6 Å². The molecule has 2 aromatic carbocycles. The maximum Gasteiger partial charge on any atom is 0.253 e. The van der Waals surface area contributed by atoms with E-state index in [1.165, 1.54) is 0 Å². The van der Waals surface area contributed by atoms with Crippen molar-refractivity contribution >= 4 is 40.1 Å². The van der Waals surface area contributed by atoms with Crippen molar-refractivity contribution in [3.8, 4) is 0 Å². The van der Waals surface area contributed by atoms with Gasteiger partial charge in [0.25, 0.3) is 5.91 Å². The van der Waals surface area contributed by atoms with Gasteiger partial charge < -0.3 is 10.2 Å². The molecule has 166 valence electrons. The molecule has 7 heteroatoms. The van der Waals surface area contributed by atoms with E-state index in [4.69, 9.17) is 11.6 Å². The monoisotopic (exact) mass is 450 g/mol. The van der Waals surface area contributed by atoms with Crippen LogP contribution in [0.4, 0.5) is 5.69 Å². The van der Waals surface area contributed by atoms with Gasteiger partial charge >= 0.3 is 0 Å². The quantitative estimate of drug-likeness (QED) is 0.581. The lowest BCUT2D eigenvalue weighted by molar-refractivity contribution is -0.116. The smallest absolute Gasteiger partial charge is 0.253 e. The average Bonchev–Trinajstić information content (AvgIpc) is 2.79. The molecule has 1 aromatic heterocycles. The van der Waals surface area contributed by atoms with Gasteiger partial charge in [0.05, 0.1) is 22.4 Å². The molecule has 0 aliphatic carbocycles. The van der Waals surface area contributed by atoms with Gasteiger partial charge in [-0.05, 0) is 81.5 Å². The first-order valence-electron chi connectivity index (χ1n) is 11.0. The second-order valence-electron chi connectivity index (χ2n) is 8.45. The van der Waals surface area contributed by atoms with Crippen LogP contribution >= 0.6 is 11.6 Å². The van der Waals surface area contributed by atoms with E-state index in [1.54, 1.807) is 24.3 Å². The normalized spacial score (nSPS) is 16.2. The summed E-state index contributed by atoms with van der Waals surface area (Å²) in [7, 11) is 0. The van der Waals surface area contributed by atoms with E-state index in [0.29, 0.717) is 29.5 Å². The van der Waals surface area contributed by atoms with Crippen LogP contribution in [0.2, 0.25) is 5.02 Å². The van der Waals surface area contributed by atoms with Crippen LogP contribution in [0.5, 0.6) is 0 Å². The number of hydrogen-bond donors (Lipinski definition) is 1. The molecule has 1 atom stereocenters. The summed E-state index contributed by atoms with van der Waals surface area (Å²) < 4.78 is 0. The van der Waals surface area contributed by atoms with Crippen molar-refractivity contribution < 1.29 is 9.59 Å². The van der Waals surface area contributed by atoms with Crippen molar-refractivity contribution in [1.82, 2.24) is 14.9 Å². The van der Waals surface area contributed by atoms with E-state index in [1.807, 2.05) is 36.9 Å². The molecule has 3 aromatic rings. The Hall–Kier alpha value is -2.99. The fourth-order valence-corrected chi connectivity index (χ4v) is 4.25. The molecule has 2 amide bonds. The Kier molecular flexibility index (Phi) is 6.70. The Morgan fingerprint density at radius 2 is 1.78 bits per heavy atom. The fourth-order valence-electron chi connectivity index (χ4n) is 4.12. The zero-order valence-electron chi connectivity index (χ0n) is 18.4. The van der Waals surface area contributed by atoms with E-state index >= 15 is 0 Å². The first kappa shape index (κ1) is 22.2. The van der Waals surface area contributed by atoms with E-state index in [0.717, 1.165) is 53.9 Å². The number of rotatable bonds is 5. The Labute approximate surface area is 193 Å². The van der Waals surface area contributed by atoms with Crippen LogP contribution < -0.4 is 5.32 Å². The van der Waals surface area contributed by atoms with Gasteiger partial charge in [-0.3, -0.25) is 9.59 Å². The molecule has 0 bridgehead atoms. The van der Waals surface area contributed by atoms with Crippen LogP contribution in [0, 0.1) is 19.8 Å². The summed E-state index contributed by atoms with van der Waals surface area (Å²) in [6.07, 6.45) is 3.16. The van der Waals surface area contributed by atoms with Gasteiger partial charge in [0, 0.05) is 35.8 Å². The molecule has 6 nitrogen and oxygen atoms in total. The molecule has 32 heavy (non-hydrogen) atoms. The summed E-state index contributed by atoms with van der Waals surface area (Å²) in [5.74, 6) is 0.311. The third-order valence-corrected chi connectivity index (χ3v) is 6.29. The van der Waals surface area contributed by atoms with Gasteiger partial charge in [0.15, 0.2) is 0 Å². The predicted octanol–water partition coefficient (Wildman–Crippen LogP) is 5.17. The summed E-state index contributed by atoms with van der Waals surface area (Å²) in [5.41, 5.74) is 4.69. The standard InChI is InChI=1S/C25H27ClN4O2/c1-16-17(2)28-23-14-19(6-11-22(23)27-16)25(32)30-13-3-4-18(15-30)5-12-24(31)29-21-9-7-20(26)8-10-21/h6-11,14,18H,3-5,12-13,15H2,1-2H3,(H,29,31). The van der Waals surface area contributed by atoms with Gasteiger partial charge in [-0.15, -0.1) is 0 Å². The van der Waals surface area contributed by atoms with Crippen LogP contribution in [0.25, 0.3) is 11.0 Å². The molecule has 1 aliphatic rings. The zero-order valence-corrected chi connectivity index (χ0v) is 19.2. The average molecular weight is 451 g/mol. The number of piperidine rings is 1. The Balaban J connectivity index is 1.35. The summed E-state index contributed by atoms with van der Waals surface area (Å²) >= 11 is 5.88. The summed E-state index contributed by atoms with van der Waals surface area (Å²) in [6, 6.07) is 12.6. The second kappa shape index (κ2) is 9.65. The molecular weight excluding hydrogens is 424 g/mol. The molecule has 1 unspecified atom stereocenters. The lowest BCUT2D eigenvalue weighted by atomic mass is 9.92. The number of anilines is 1. The van der Waals surface area contributed by atoms with Crippen LogP contribution in [-0.2, 0) is 4.79 Å². The summed E-state index contributed by atoms with van der Waals surface area (Å²) in [4.78, 5) is 36.5. The SMILES string of the molecule is Cc1nc2ccc(C(=O)N3CCCC(CCC(=O)Nc4ccc(Cl)cc4)C3)cc2nc1C. The maximum atomic E-state index is 13.1. The van der Waals surface area contributed by atoms with Crippen LogP contribution in [0.15, 0.2) is 42.5 Å². The minimum Gasteiger partial charge on any atom is -0.338 e. The van der Waals surface area contributed by atoms with Crippen molar-refractivity contribution in [2.24, 2.45) is 5.92 Å². The highest BCUT2D eigenvalue weighted by Gasteiger charge is 2.25. The van der Waals surface area contributed by atoms with E-state index in [-0.39, 0.29) is 11.8 Å². The molecule has 0 radical (unpaired) electrons. The predicted molar refractivity (Wildman–Crippen MR) is 127 cm³/mol. The van der Waals surface area contributed by atoms with Crippen LogP contribution in [-0.4, -0.2) is 39.8 Å². The second-order valence-corrected chi connectivity index (χ2v) is 8.89. The number of halogens is 1. The molecule has 1 N–H and O–H groups in total. The highest BCUT2D eigenvalue weighted by Crippen LogP contribution is 2.24. The minimum absolute atomic E-state index is 0.0160. The number of likely N-dealkylation sites (tertiary alicyclic amines) is 1. The maximum absolute atomic E-state index is 13.1. The number of amides is 2. The number of fused-ring (bicyclic) bond motifs is 1. The van der Waals surface area contributed by atoms with E-state index < -0.39 is 0 Å². The Bertz CT molecular complexity index is 1150. The number of aromatic nitrogens is 2. The zero-order chi connectivity index (χ0) is 22.7. The number of aryl methyl sites for hydroxylation is 2. The number of carbonyl (C=O) groups excluding carboxylic acids is 2. The number of nitrogens with zero attached hydrogens (tertiary/aromatic N) is 3. The highest BCUT2D eigenvalue weighted by atomic mass is 35.5. The van der Waals surface area contributed by atoms with Crippen LogP contribution in [0.1, 0.15) is 47.4 Å². The van der Waals surface area contributed by atoms with Crippen molar-refractivity contribution in [2.75, 3.05) is 18.4 Å². The summed E-state index contributed by atoms with van der Waals surface area (Å²) in [5, 5.41) is 3.54. The molecule has 1 aliphatic heterocycles. The third-order valence-electron chi connectivity index (χ3n) is 6.04. The highest BCUT2D eigenvalue weighted by molar-refractivity contribution is 6.30. The Morgan fingerprint density at radius 1 is 1.06 bits per heavy atom. The lowest BCUT2D eigenvalue weighted by Crippen LogP contribution is -2.40. The largest absolute Gasteiger partial charge is 0.338 e. The van der Waals surface area contributed by atoms with E-state index in [2.05, 4.69) is 15.3 Å². The topological polar surface area (TPSA) is 75.2 Å².